The minimum absolute atomic E-state index is 0.00232. The van der Waals surface area contributed by atoms with Gasteiger partial charge in [0.25, 0.3) is 0 Å². The van der Waals surface area contributed by atoms with Crippen LogP contribution in [-0.2, 0) is 30.4 Å². The van der Waals surface area contributed by atoms with Crippen molar-refractivity contribution in [1.29, 1.82) is 0 Å². The predicted octanol–water partition coefficient (Wildman–Crippen LogP) is 2.58. The fraction of sp³-hybridized carbons (Fsp3) is 0.375. The monoisotopic (exact) mass is 323 g/mol. The number of nitrogens with one attached hydrogen (secondary N) is 1. The third-order valence-electron chi connectivity index (χ3n) is 3.93. The summed E-state index contributed by atoms with van der Waals surface area (Å²) in [5, 5.41) is 7.06. The van der Waals surface area contributed by atoms with Crippen molar-refractivity contribution >= 4 is 5.91 Å². The second-order valence-corrected chi connectivity index (χ2v) is 5.68. The number of benzene rings is 1. The number of halogens is 3. The van der Waals surface area contributed by atoms with E-state index in [1.807, 2.05) is 10.7 Å². The van der Waals surface area contributed by atoms with Gasteiger partial charge in [-0.15, -0.1) is 0 Å². The first-order valence-corrected chi connectivity index (χ1v) is 7.38. The van der Waals surface area contributed by atoms with Crippen molar-refractivity contribution < 1.29 is 18.0 Å². The van der Waals surface area contributed by atoms with E-state index in [-0.39, 0.29) is 18.4 Å². The first-order valence-electron chi connectivity index (χ1n) is 7.38. The maximum absolute atomic E-state index is 12.7. The second kappa shape index (κ2) is 6.06. The Balaban J connectivity index is 1.60. The Kier molecular flexibility index (Phi) is 4.11. The molecule has 4 nitrogen and oxygen atoms in total. The van der Waals surface area contributed by atoms with Crippen LogP contribution in [0.4, 0.5) is 13.2 Å². The highest BCUT2D eigenvalue weighted by atomic mass is 19.4. The van der Waals surface area contributed by atoms with Crippen LogP contribution in [0.2, 0.25) is 0 Å². The lowest BCUT2D eigenvalue weighted by molar-refractivity contribution is -0.137. The number of hydrogen-bond donors (Lipinski definition) is 1. The molecule has 2 aromatic rings. The molecule has 3 rings (SSSR count). The zero-order valence-electron chi connectivity index (χ0n) is 12.3. The van der Waals surface area contributed by atoms with Gasteiger partial charge in [0.15, 0.2) is 0 Å². The fourth-order valence-corrected chi connectivity index (χ4v) is 2.81. The Labute approximate surface area is 131 Å². The quantitative estimate of drug-likeness (QED) is 0.944. The predicted molar refractivity (Wildman–Crippen MR) is 77.6 cm³/mol. The lowest BCUT2D eigenvalue weighted by atomic mass is 10.0. The van der Waals surface area contributed by atoms with Crippen molar-refractivity contribution in [3.8, 4) is 0 Å². The Morgan fingerprint density at radius 2 is 2.17 bits per heavy atom. The summed E-state index contributed by atoms with van der Waals surface area (Å²) in [6, 6.07) is 6.79. The molecule has 1 atom stereocenters. The van der Waals surface area contributed by atoms with Gasteiger partial charge in [-0.2, -0.15) is 18.3 Å². The first kappa shape index (κ1) is 15.6. The number of fused-ring (bicyclic) bond motifs is 1. The van der Waals surface area contributed by atoms with Gasteiger partial charge >= 0.3 is 6.18 Å². The van der Waals surface area contributed by atoms with Crippen molar-refractivity contribution in [2.24, 2.45) is 0 Å². The van der Waals surface area contributed by atoms with Crippen molar-refractivity contribution in [1.82, 2.24) is 15.1 Å². The van der Waals surface area contributed by atoms with E-state index < -0.39 is 11.7 Å². The molecule has 0 spiro atoms. The summed E-state index contributed by atoms with van der Waals surface area (Å²) in [6.07, 6.45) is -1.27. The molecule has 0 saturated heterocycles. The number of carbonyl (C=O) groups is 1. The largest absolute Gasteiger partial charge is 0.416 e. The molecule has 1 amide bonds. The molecule has 0 saturated carbocycles. The summed E-state index contributed by atoms with van der Waals surface area (Å²) in [5.41, 5.74) is 0.683. The number of alkyl halides is 3. The number of carbonyl (C=O) groups excluding carboxylic acids is 1. The average Bonchev–Trinajstić information content (AvgIpc) is 2.94. The summed E-state index contributed by atoms with van der Waals surface area (Å²) < 4.78 is 39.9. The Morgan fingerprint density at radius 3 is 2.96 bits per heavy atom. The number of amides is 1. The third-order valence-corrected chi connectivity index (χ3v) is 3.93. The van der Waals surface area contributed by atoms with E-state index in [0.29, 0.717) is 12.0 Å². The first-order chi connectivity index (χ1) is 10.9. The van der Waals surface area contributed by atoms with Crippen LogP contribution in [0.5, 0.6) is 0 Å². The van der Waals surface area contributed by atoms with Crippen LogP contribution in [-0.4, -0.2) is 21.7 Å². The molecule has 122 valence electrons. The van der Waals surface area contributed by atoms with E-state index in [1.165, 1.54) is 12.1 Å². The lowest BCUT2D eigenvalue weighted by Crippen LogP contribution is -2.40. The van der Waals surface area contributed by atoms with Crippen molar-refractivity contribution in [2.45, 2.75) is 38.0 Å². The molecule has 2 heterocycles. The number of rotatable bonds is 3. The molecule has 1 N–H and O–H groups in total. The van der Waals surface area contributed by atoms with Crippen LogP contribution in [0.3, 0.4) is 0 Å². The van der Waals surface area contributed by atoms with Crippen molar-refractivity contribution in [3.63, 3.8) is 0 Å². The SMILES string of the molecule is O=C(Cc1cccc(C(F)(F)F)c1)N[C@H]1CCn2nccc2C1. The highest BCUT2D eigenvalue weighted by Gasteiger charge is 2.30. The molecule has 0 aliphatic carbocycles. The lowest BCUT2D eigenvalue weighted by Gasteiger charge is -2.24. The topological polar surface area (TPSA) is 46.9 Å². The summed E-state index contributed by atoms with van der Waals surface area (Å²) >= 11 is 0. The van der Waals surface area contributed by atoms with Gasteiger partial charge in [-0.3, -0.25) is 9.48 Å². The number of hydrogen-bond acceptors (Lipinski definition) is 2. The van der Waals surface area contributed by atoms with Crippen LogP contribution >= 0.6 is 0 Å². The molecule has 23 heavy (non-hydrogen) atoms. The van der Waals surface area contributed by atoms with Gasteiger partial charge in [0.05, 0.1) is 12.0 Å². The van der Waals surface area contributed by atoms with Crippen molar-refractivity contribution in [3.05, 3.63) is 53.3 Å². The molecular weight excluding hydrogens is 307 g/mol. The molecule has 0 bridgehead atoms. The van der Waals surface area contributed by atoms with Crippen LogP contribution in [0, 0.1) is 0 Å². The van der Waals surface area contributed by atoms with E-state index >= 15 is 0 Å². The smallest absolute Gasteiger partial charge is 0.353 e. The van der Waals surface area contributed by atoms with Crippen molar-refractivity contribution in [2.75, 3.05) is 0 Å². The number of aryl methyl sites for hydroxylation is 1. The van der Waals surface area contributed by atoms with Gasteiger partial charge in [-0.05, 0) is 24.1 Å². The summed E-state index contributed by atoms with van der Waals surface area (Å²) in [4.78, 5) is 12.1. The van der Waals surface area contributed by atoms with E-state index in [0.717, 1.165) is 30.8 Å². The van der Waals surface area contributed by atoms with E-state index in [9.17, 15) is 18.0 Å². The number of nitrogens with zero attached hydrogens (tertiary/aromatic N) is 2. The Hall–Kier alpha value is -2.31. The van der Waals surface area contributed by atoms with E-state index in [4.69, 9.17) is 0 Å². The van der Waals surface area contributed by atoms with E-state index in [2.05, 4.69) is 10.4 Å². The molecule has 0 unspecified atom stereocenters. The van der Waals surface area contributed by atoms with Gasteiger partial charge in [0.1, 0.15) is 0 Å². The molecule has 7 heteroatoms. The zero-order chi connectivity index (χ0) is 16.4. The molecule has 1 aliphatic rings. The fourth-order valence-electron chi connectivity index (χ4n) is 2.81. The maximum Gasteiger partial charge on any atom is 0.416 e. The summed E-state index contributed by atoms with van der Waals surface area (Å²) in [5.74, 6) is -0.262. The van der Waals surface area contributed by atoms with Gasteiger partial charge in [-0.1, -0.05) is 18.2 Å². The Bertz CT molecular complexity index is 709. The average molecular weight is 323 g/mol. The molecular formula is C16H16F3N3O. The maximum atomic E-state index is 12.7. The van der Waals surface area contributed by atoms with Crippen LogP contribution in [0.1, 0.15) is 23.2 Å². The molecule has 1 aromatic carbocycles. The minimum Gasteiger partial charge on any atom is -0.353 e. The third kappa shape index (κ3) is 3.72. The standard InChI is InChI=1S/C16H16F3N3O/c17-16(18,19)12-3-1-2-11(8-12)9-15(23)21-13-5-7-22-14(10-13)4-6-20-22/h1-4,6,8,13H,5,7,9-10H2,(H,21,23)/t13-/m0/s1. The van der Waals surface area contributed by atoms with Gasteiger partial charge < -0.3 is 5.32 Å². The van der Waals surface area contributed by atoms with Crippen LogP contribution in [0.25, 0.3) is 0 Å². The summed E-state index contributed by atoms with van der Waals surface area (Å²) in [6.45, 7) is 0.733. The highest BCUT2D eigenvalue weighted by Crippen LogP contribution is 2.29. The van der Waals surface area contributed by atoms with Gasteiger partial charge in [0.2, 0.25) is 5.91 Å². The van der Waals surface area contributed by atoms with Gasteiger partial charge in [0, 0.05) is 30.9 Å². The normalized spacial score (nSPS) is 17.6. The summed E-state index contributed by atoms with van der Waals surface area (Å²) in [7, 11) is 0. The molecule has 1 aromatic heterocycles. The second-order valence-electron chi connectivity index (χ2n) is 5.68. The van der Waals surface area contributed by atoms with Crippen LogP contribution in [0.15, 0.2) is 36.5 Å². The minimum atomic E-state index is -4.39. The Morgan fingerprint density at radius 1 is 1.35 bits per heavy atom. The highest BCUT2D eigenvalue weighted by molar-refractivity contribution is 5.79. The molecule has 1 aliphatic heterocycles. The van der Waals surface area contributed by atoms with E-state index in [1.54, 1.807) is 6.20 Å². The molecule has 0 radical (unpaired) electrons. The molecule has 0 fully saturated rings. The van der Waals surface area contributed by atoms with Gasteiger partial charge in [-0.25, -0.2) is 0 Å². The number of aromatic nitrogens is 2. The zero-order valence-corrected chi connectivity index (χ0v) is 12.3. The van der Waals surface area contributed by atoms with Crippen LogP contribution < -0.4 is 5.32 Å².